The third-order valence-electron chi connectivity index (χ3n) is 3.03. The molecule has 2 aromatic carbocycles. The van der Waals surface area contributed by atoms with E-state index in [2.05, 4.69) is 29.5 Å². The third kappa shape index (κ3) is 2.83. The number of hydrogen-bond donors (Lipinski definition) is 0. The van der Waals surface area contributed by atoms with Gasteiger partial charge in [0.15, 0.2) is 6.33 Å². The minimum absolute atomic E-state index is 0.646. The fourth-order valence-electron chi connectivity index (χ4n) is 2.05. The molecule has 1 radical (unpaired) electrons. The second kappa shape index (κ2) is 5.67. The SMILES string of the molecule is [c]1nc2ccccc2n1CCOCc1ccccc1. The minimum atomic E-state index is 0.646. The molecule has 0 saturated heterocycles. The van der Waals surface area contributed by atoms with Crippen LogP contribution in [0.25, 0.3) is 11.0 Å². The number of fused-ring (bicyclic) bond motifs is 1. The standard InChI is InChI=1S/C16H15N2O/c1-2-6-14(7-3-1)12-19-11-10-18-13-17-15-8-4-5-9-16(15)18/h1-9H,10-12H2. The molecule has 1 heterocycles. The summed E-state index contributed by atoms with van der Waals surface area (Å²) in [6.45, 7) is 2.08. The topological polar surface area (TPSA) is 27.1 Å². The largest absolute Gasteiger partial charge is 0.375 e. The Kier molecular flexibility index (Phi) is 3.56. The van der Waals surface area contributed by atoms with Crippen molar-refractivity contribution >= 4 is 11.0 Å². The number of benzene rings is 2. The molecule has 0 saturated carbocycles. The van der Waals surface area contributed by atoms with E-state index in [-0.39, 0.29) is 0 Å². The Bertz CT molecular complexity index is 646. The lowest BCUT2D eigenvalue weighted by Gasteiger charge is -2.05. The molecule has 0 amide bonds. The summed E-state index contributed by atoms with van der Waals surface area (Å²) >= 11 is 0. The van der Waals surface area contributed by atoms with Crippen LogP contribution in [0.3, 0.4) is 0 Å². The van der Waals surface area contributed by atoms with Crippen molar-refractivity contribution in [1.29, 1.82) is 0 Å². The van der Waals surface area contributed by atoms with E-state index < -0.39 is 0 Å². The molecule has 0 atom stereocenters. The summed E-state index contributed by atoms with van der Waals surface area (Å²) in [7, 11) is 0. The summed E-state index contributed by atoms with van der Waals surface area (Å²) < 4.78 is 7.67. The lowest BCUT2D eigenvalue weighted by Crippen LogP contribution is -2.05. The molecule has 0 N–H and O–H groups in total. The molecule has 0 aliphatic heterocycles. The van der Waals surface area contributed by atoms with E-state index >= 15 is 0 Å². The average molecular weight is 251 g/mol. The van der Waals surface area contributed by atoms with E-state index in [1.165, 1.54) is 5.56 Å². The molecule has 0 unspecified atom stereocenters. The normalized spacial score (nSPS) is 10.9. The molecule has 3 nitrogen and oxygen atoms in total. The second-order valence-electron chi connectivity index (χ2n) is 4.39. The molecule has 3 aromatic rings. The summed E-state index contributed by atoms with van der Waals surface area (Å²) in [5, 5.41) is 0. The molecule has 0 spiro atoms. The smallest absolute Gasteiger partial charge is 0.177 e. The molecular weight excluding hydrogens is 236 g/mol. The number of aromatic nitrogens is 2. The maximum Gasteiger partial charge on any atom is 0.177 e. The van der Waals surface area contributed by atoms with Gasteiger partial charge in [-0.25, -0.2) is 4.98 Å². The van der Waals surface area contributed by atoms with Crippen molar-refractivity contribution < 1.29 is 4.74 Å². The Balaban J connectivity index is 1.55. The van der Waals surface area contributed by atoms with Gasteiger partial charge in [0, 0.05) is 6.54 Å². The van der Waals surface area contributed by atoms with Crippen LogP contribution in [0.5, 0.6) is 0 Å². The lowest BCUT2D eigenvalue weighted by atomic mass is 10.2. The number of rotatable bonds is 5. The number of hydrogen-bond acceptors (Lipinski definition) is 2. The van der Waals surface area contributed by atoms with Crippen molar-refractivity contribution in [3.63, 3.8) is 0 Å². The van der Waals surface area contributed by atoms with Crippen molar-refractivity contribution in [1.82, 2.24) is 9.55 Å². The molecular formula is C16H15N2O. The van der Waals surface area contributed by atoms with Gasteiger partial charge < -0.3 is 9.30 Å². The second-order valence-corrected chi connectivity index (χ2v) is 4.39. The molecule has 19 heavy (non-hydrogen) atoms. The molecule has 0 bridgehead atoms. The molecule has 3 heteroatoms. The van der Waals surface area contributed by atoms with Gasteiger partial charge in [-0.1, -0.05) is 42.5 Å². The summed E-state index contributed by atoms with van der Waals surface area (Å²) in [4.78, 5) is 4.24. The number of imidazole rings is 1. The van der Waals surface area contributed by atoms with Gasteiger partial charge in [-0.2, -0.15) is 0 Å². The summed E-state index contributed by atoms with van der Waals surface area (Å²) in [6.07, 6.45) is 3.00. The maximum atomic E-state index is 5.67. The predicted molar refractivity (Wildman–Crippen MR) is 74.7 cm³/mol. The van der Waals surface area contributed by atoms with Crippen LogP contribution >= 0.6 is 0 Å². The maximum absolute atomic E-state index is 5.67. The Morgan fingerprint density at radius 1 is 1.00 bits per heavy atom. The van der Waals surface area contributed by atoms with Crippen LogP contribution in [0.15, 0.2) is 54.6 Å². The van der Waals surface area contributed by atoms with Gasteiger partial charge in [0.2, 0.25) is 0 Å². The van der Waals surface area contributed by atoms with Gasteiger partial charge in [0.25, 0.3) is 0 Å². The molecule has 95 valence electrons. The van der Waals surface area contributed by atoms with Gasteiger partial charge in [0.1, 0.15) is 0 Å². The summed E-state index contributed by atoms with van der Waals surface area (Å²) in [5.41, 5.74) is 3.28. The Morgan fingerprint density at radius 2 is 1.79 bits per heavy atom. The zero-order valence-corrected chi connectivity index (χ0v) is 10.6. The first-order chi connectivity index (χ1) is 9.43. The van der Waals surface area contributed by atoms with Crippen molar-refractivity contribution in [2.24, 2.45) is 0 Å². The highest BCUT2D eigenvalue weighted by molar-refractivity contribution is 5.74. The van der Waals surface area contributed by atoms with Crippen LogP contribution in [0.1, 0.15) is 5.56 Å². The Labute approximate surface area is 112 Å². The van der Waals surface area contributed by atoms with E-state index in [1.807, 2.05) is 41.0 Å². The van der Waals surface area contributed by atoms with Gasteiger partial charge in [-0.05, 0) is 17.7 Å². The van der Waals surface area contributed by atoms with Gasteiger partial charge >= 0.3 is 0 Å². The summed E-state index contributed by atoms with van der Waals surface area (Å²) in [6, 6.07) is 18.2. The van der Waals surface area contributed by atoms with Gasteiger partial charge in [0.05, 0.1) is 24.2 Å². The highest BCUT2D eigenvalue weighted by atomic mass is 16.5. The van der Waals surface area contributed by atoms with Crippen LogP contribution in [0.4, 0.5) is 0 Å². The van der Waals surface area contributed by atoms with Crippen LogP contribution in [-0.2, 0) is 17.9 Å². The fourth-order valence-corrected chi connectivity index (χ4v) is 2.05. The number of para-hydroxylation sites is 2. The zero-order valence-electron chi connectivity index (χ0n) is 10.6. The Hall–Kier alpha value is -2.13. The van der Waals surface area contributed by atoms with Gasteiger partial charge in [-0.15, -0.1) is 0 Å². The van der Waals surface area contributed by atoms with Crippen molar-refractivity contribution in [2.45, 2.75) is 13.2 Å². The predicted octanol–water partition coefficient (Wildman–Crippen LogP) is 3.05. The first-order valence-corrected chi connectivity index (χ1v) is 6.38. The first kappa shape index (κ1) is 11.9. The summed E-state index contributed by atoms with van der Waals surface area (Å²) in [5.74, 6) is 0. The van der Waals surface area contributed by atoms with Crippen molar-refractivity contribution in [2.75, 3.05) is 6.61 Å². The fraction of sp³-hybridized carbons (Fsp3) is 0.188. The number of nitrogens with zero attached hydrogens (tertiary/aromatic N) is 2. The molecule has 0 aliphatic carbocycles. The van der Waals surface area contributed by atoms with Crippen molar-refractivity contribution in [3.8, 4) is 0 Å². The minimum Gasteiger partial charge on any atom is -0.375 e. The Morgan fingerprint density at radius 3 is 2.68 bits per heavy atom. The van der Waals surface area contributed by atoms with Crippen LogP contribution in [0.2, 0.25) is 0 Å². The molecule has 0 fully saturated rings. The highest BCUT2D eigenvalue weighted by Gasteiger charge is 2.01. The van der Waals surface area contributed by atoms with E-state index in [0.717, 1.165) is 17.6 Å². The van der Waals surface area contributed by atoms with Crippen LogP contribution < -0.4 is 0 Å². The van der Waals surface area contributed by atoms with Crippen LogP contribution in [0, 0.1) is 6.33 Å². The van der Waals surface area contributed by atoms with E-state index in [9.17, 15) is 0 Å². The molecule has 3 rings (SSSR count). The first-order valence-electron chi connectivity index (χ1n) is 6.38. The van der Waals surface area contributed by atoms with E-state index in [1.54, 1.807) is 0 Å². The average Bonchev–Trinajstić information content (AvgIpc) is 2.88. The van der Waals surface area contributed by atoms with Crippen molar-refractivity contribution in [3.05, 3.63) is 66.5 Å². The highest BCUT2D eigenvalue weighted by Crippen LogP contribution is 2.11. The zero-order chi connectivity index (χ0) is 12.9. The number of ether oxygens (including phenoxy) is 1. The van der Waals surface area contributed by atoms with E-state index in [4.69, 9.17) is 4.74 Å². The quantitative estimate of drug-likeness (QED) is 0.652. The molecule has 0 aliphatic rings. The van der Waals surface area contributed by atoms with E-state index in [0.29, 0.717) is 13.2 Å². The molecule has 1 aromatic heterocycles. The van der Waals surface area contributed by atoms with Crippen LogP contribution in [-0.4, -0.2) is 16.2 Å². The van der Waals surface area contributed by atoms with Gasteiger partial charge in [-0.3, -0.25) is 0 Å². The lowest BCUT2D eigenvalue weighted by molar-refractivity contribution is 0.113. The monoisotopic (exact) mass is 251 g/mol. The third-order valence-corrected chi connectivity index (χ3v) is 3.03.